The van der Waals surface area contributed by atoms with E-state index < -0.39 is 0 Å². The Hall–Kier alpha value is -0.490. The number of hydrogen-bond acceptors (Lipinski definition) is 5. The molecule has 2 aliphatic heterocycles. The smallest absolute Gasteiger partial charge is 0.100 e. The molecule has 118 valence electrons. The molecule has 1 aromatic heterocycles. The lowest BCUT2D eigenvalue weighted by Crippen LogP contribution is -2.41. The van der Waals surface area contributed by atoms with E-state index in [4.69, 9.17) is 9.47 Å². The predicted octanol–water partition coefficient (Wildman–Crippen LogP) is 2.86. The van der Waals surface area contributed by atoms with Crippen LogP contribution < -0.4 is 0 Å². The maximum Gasteiger partial charge on any atom is 0.100 e. The molecule has 2 aliphatic rings. The molecule has 3 heterocycles. The highest BCUT2D eigenvalue weighted by Gasteiger charge is 2.44. The molecule has 1 aromatic rings. The molecule has 0 amide bonds. The molecule has 3 rings (SSSR count). The Labute approximate surface area is 131 Å². The summed E-state index contributed by atoms with van der Waals surface area (Å²) in [5.74, 6) is 0.574. The zero-order valence-electron chi connectivity index (χ0n) is 13.2. The Balaban J connectivity index is 1.67. The molecule has 4 nitrogen and oxygen atoms in total. The summed E-state index contributed by atoms with van der Waals surface area (Å²) in [5.41, 5.74) is 3.11. The van der Waals surface area contributed by atoms with Crippen LogP contribution in [0.15, 0.2) is 5.51 Å². The van der Waals surface area contributed by atoms with E-state index in [1.54, 1.807) is 11.3 Å². The number of thiazole rings is 1. The van der Waals surface area contributed by atoms with Crippen LogP contribution in [0.25, 0.3) is 0 Å². The van der Waals surface area contributed by atoms with Gasteiger partial charge in [0.15, 0.2) is 0 Å². The Kier molecular flexibility index (Phi) is 4.94. The van der Waals surface area contributed by atoms with Crippen LogP contribution in [0.2, 0.25) is 0 Å². The van der Waals surface area contributed by atoms with E-state index in [1.807, 2.05) is 5.51 Å². The number of nitrogens with zero attached hydrogens (tertiary/aromatic N) is 2. The minimum Gasteiger partial charge on any atom is -0.374 e. The molecule has 0 bridgehead atoms. The standard InChI is InChI=1S/C16H26N2O2S/c1-11(2)9-20-14-7-18(8-15-12(3)17-10-21-15)13-5-4-6-19-16(13)14/h10-11,13-14,16H,4-9H2,1-3H3/t13-,14+,16+/m1/s1. The van der Waals surface area contributed by atoms with Gasteiger partial charge in [-0.25, -0.2) is 4.98 Å². The molecule has 2 fully saturated rings. The van der Waals surface area contributed by atoms with Crippen molar-refractivity contribution in [2.45, 2.75) is 58.4 Å². The van der Waals surface area contributed by atoms with Gasteiger partial charge in [-0.05, 0) is 25.7 Å². The van der Waals surface area contributed by atoms with E-state index in [9.17, 15) is 0 Å². The Morgan fingerprint density at radius 2 is 2.38 bits per heavy atom. The summed E-state index contributed by atoms with van der Waals surface area (Å²) in [7, 11) is 0. The van der Waals surface area contributed by atoms with Crippen molar-refractivity contribution in [3.05, 3.63) is 16.1 Å². The Morgan fingerprint density at radius 1 is 1.52 bits per heavy atom. The summed E-state index contributed by atoms with van der Waals surface area (Å²) >= 11 is 1.76. The van der Waals surface area contributed by atoms with Crippen molar-refractivity contribution < 1.29 is 9.47 Å². The molecule has 2 saturated heterocycles. The quantitative estimate of drug-likeness (QED) is 0.837. The average Bonchev–Trinajstić information content (AvgIpc) is 3.02. The first-order valence-corrected chi connectivity index (χ1v) is 8.89. The van der Waals surface area contributed by atoms with Gasteiger partial charge in [0.25, 0.3) is 0 Å². The molecule has 21 heavy (non-hydrogen) atoms. The van der Waals surface area contributed by atoms with Crippen LogP contribution in [0.5, 0.6) is 0 Å². The third kappa shape index (κ3) is 3.47. The number of aromatic nitrogens is 1. The van der Waals surface area contributed by atoms with Crippen LogP contribution in [-0.4, -0.2) is 47.9 Å². The van der Waals surface area contributed by atoms with Gasteiger partial charge < -0.3 is 9.47 Å². The molecule has 0 unspecified atom stereocenters. The lowest BCUT2D eigenvalue weighted by molar-refractivity contribution is -0.0816. The minimum absolute atomic E-state index is 0.228. The molecule has 5 heteroatoms. The van der Waals surface area contributed by atoms with Crippen molar-refractivity contribution in [3.63, 3.8) is 0 Å². The molecular formula is C16H26N2O2S. The second-order valence-electron chi connectivity index (χ2n) is 6.60. The fourth-order valence-corrected chi connectivity index (χ4v) is 4.11. The van der Waals surface area contributed by atoms with E-state index in [2.05, 4.69) is 30.7 Å². The van der Waals surface area contributed by atoms with Crippen molar-refractivity contribution in [1.82, 2.24) is 9.88 Å². The van der Waals surface area contributed by atoms with Crippen LogP contribution in [0.4, 0.5) is 0 Å². The summed E-state index contributed by atoms with van der Waals surface area (Å²) in [6.07, 6.45) is 2.87. The zero-order chi connectivity index (χ0) is 14.8. The first-order chi connectivity index (χ1) is 10.1. The molecule has 0 aromatic carbocycles. The van der Waals surface area contributed by atoms with E-state index >= 15 is 0 Å². The third-order valence-electron chi connectivity index (χ3n) is 4.42. The highest BCUT2D eigenvalue weighted by molar-refractivity contribution is 7.09. The number of rotatable bonds is 5. The second-order valence-corrected chi connectivity index (χ2v) is 7.54. The zero-order valence-corrected chi connectivity index (χ0v) is 14.1. The van der Waals surface area contributed by atoms with Crippen molar-refractivity contribution in [1.29, 1.82) is 0 Å². The molecule has 0 spiro atoms. The van der Waals surface area contributed by atoms with E-state index in [-0.39, 0.29) is 12.2 Å². The van der Waals surface area contributed by atoms with E-state index in [0.29, 0.717) is 12.0 Å². The van der Waals surface area contributed by atoms with Crippen LogP contribution in [0.3, 0.4) is 0 Å². The minimum atomic E-state index is 0.228. The fraction of sp³-hybridized carbons (Fsp3) is 0.812. The summed E-state index contributed by atoms with van der Waals surface area (Å²) in [4.78, 5) is 8.30. The topological polar surface area (TPSA) is 34.6 Å². The van der Waals surface area contributed by atoms with Crippen molar-refractivity contribution in [3.8, 4) is 0 Å². The summed E-state index contributed by atoms with van der Waals surface area (Å²) < 4.78 is 12.2. The first kappa shape index (κ1) is 15.4. The van der Waals surface area contributed by atoms with Crippen molar-refractivity contribution in [2.24, 2.45) is 5.92 Å². The van der Waals surface area contributed by atoms with E-state index in [1.165, 1.54) is 17.0 Å². The molecule has 0 saturated carbocycles. The second kappa shape index (κ2) is 6.73. The Morgan fingerprint density at radius 3 is 3.10 bits per heavy atom. The van der Waals surface area contributed by atoms with Gasteiger partial charge in [-0.3, -0.25) is 4.90 Å². The number of hydrogen-bond donors (Lipinski definition) is 0. The van der Waals surface area contributed by atoms with E-state index in [0.717, 1.165) is 32.7 Å². The number of ether oxygens (including phenoxy) is 2. The normalized spacial score (nSPS) is 30.0. The van der Waals surface area contributed by atoms with Crippen LogP contribution >= 0.6 is 11.3 Å². The van der Waals surface area contributed by atoms with Crippen molar-refractivity contribution >= 4 is 11.3 Å². The lowest BCUT2D eigenvalue weighted by atomic mass is 10.0. The molecule has 0 radical (unpaired) electrons. The third-order valence-corrected chi connectivity index (χ3v) is 5.34. The summed E-state index contributed by atoms with van der Waals surface area (Å²) in [5, 5.41) is 0. The average molecular weight is 310 g/mol. The van der Waals surface area contributed by atoms with Crippen molar-refractivity contribution in [2.75, 3.05) is 19.8 Å². The maximum atomic E-state index is 6.13. The van der Waals surface area contributed by atoms with Gasteiger partial charge in [0, 0.05) is 37.2 Å². The number of aryl methyl sites for hydroxylation is 1. The summed E-state index contributed by atoms with van der Waals surface area (Å²) in [6.45, 7) is 10.2. The van der Waals surface area contributed by atoms with Gasteiger partial charge in [-0.1, -0.05) is 13.8 Å². The number of fused-ring (bicyclic) bond motifs is 1. The maximum absolute atomic E-state index is 6.13. The van der Waals surface area contributed by atoms with Gasteiger partial charge in [0.1, 0.15) is 6.10 Å². The highest BCUT2D eigenvalue weighted by Crippen LogP contribution is 2.32. The molecule has 3 atom stereocenters. The fourth-order valence-electron chi connectivity index (χ4n) is 3.31. The monoisotopic (exact) mass is 310 g/mol. The predicted molar refractivity (Wildman–Crippen MR) is 84.6 cm³/mol. The SMILES string of the molecule is Cc1ncsc1CN1C[C@H](OCC(C)C)[C@H]2OCCC[C@H]21. The van der Waals surface area contributed by atoms with Gasteiger partial charge in [0.05, 0.1) is 17.3 Å². The van der Waals surface area contributed by atoms with Gasteiger partial charge in [-0.2, -0.15) is 0 Å². The first-order valence-electron chi connectivity index (χ1n) is 8.01. The molecule has 0 aliphatic carbocycles. The summed E-state index contributed by atoms with van der Waals surface area (Å²) in [6, 6.07) is 0.511. The number of likely N-dealkylation sites (tertiary alicyclic amines) is 1. The molecular weight excluding hydrogens is 284 g/mol. The lowest BCUT2D eigenvalue weighted by Gasteiger charge is -2.32. The Bertz CT molecular complexity index is 463. The molecule has 0 N–H and O–H groups in total. The highest BCUT2D eigenvalue weighted by atomic mass is 32.1. The van der Waals surface area contributed by atoms with Crippen LogP contribution in [0, 0.1) is 12.8 Å². The van der Waals surface area contributed by atoms with Gasteiger partial charge in [-0.15, -0.1) is 11.3 Å². The van der Waals surface area contributed by atoms with Crippen LogP contribution in [0.1, 0.15) is 37.3 Å². The largest absolute Gasteiger partial charge is 0.374 e. The van der Waals surface area contributed by atoms with Gasteiger partial charge in [0.2, 0.25) is 0 Å². The van der Waals surface area contributed by atoms with Crippen LogP contribution in [-0.2, 0) is 16.0 Å². The van der Waals surface area contributed by atoms with Gasteiger partial charge >= 0.3 is 0 Å².